The van der Waals surface area contributed by atoms with Gasteiger partial charge in [-0.2, -0.15) is 0 Å². The van der Waals surface area contributed by atoms with Gasteiger partial charge in [-0.3, -0.25) is 4.79 Å². The van der Waals surface area contributed by atoms with E-state index in [1.54, 1.807) is 4.90 Å². The number of hydrogen-bond acceptors (Lipinski definition) is 5. The first-order chi connectivity index (χ1) is 15.3. The summed E-state index contributed by atoms with van der Waals surface area (Å²) in [5, 5.41) is 0.0342. The first-order valence-electron chi connectivity index (χ1n) is 13.1. The zero-order valence-corrected chi connectivity index (χ0v) is 24.9. The van der Waals surface area contributed by atoms with Gasteiger partial charge in [0.2, 0.25) is 0 Å². The van der Waals surface area contributed by atoms with E-state index in [-0.39, 0.29) is 23.0 Å². The van der Waals surface area contributed by atoms with Crippen LogP contribution in [0.5, 0.6) is 0 Å². The predicted molar refractivity (Wildman–Crippen MR) is 139 cm³/mol. The van der Waals surface area contributed by atoms with E-state index in [4.69, 9.17) is 13.9 Å². The van der Waals surface area contributed by atoms with Crippen molar-refractivity contribution in [1.82, 2.24) is 4.90 Å². The van der Waals surface area contributed by atoms with Crippen molar-refractivity contribution in [3.05, 3.63) is 0 Å². The number of carbonyl (C=O) groups is 2. The van der Waals surface area contributed by atoms with Crippen LogP contribution < -0.4 is 0 Å². The number of methoxy groups -OCH3 is 1. The van der Waals surface area contributed by atoms with E-state index in [0.717, 1.165) is 19.3 Å². The van der Waals surface area contributed by atoms with Crippen LogP contribution in [0, 0.1) is 29.6 Å². The van der Waals surface area contributed by atoms with Gasteiger partial charge < -0.3 is 18.8 Å². The molecule has 0 bridgehead atoms. The number of esters is 1. The highest BCUT2D eigenvalue weighted by molar-refractivity contribution is 6.74. The van der Waals surface area contributed by atoms with Gasteiger partial charge in [-0.25, -0.2) is 4.79 Å². The van der Waals surface area contributed by atoms with Crippen LogP contribution in [0.3, 0.4) is 0 Å². The monoisotopic (exact) mass is 497 g/mol. The van der Waals surface area contributed by atoms with Gasteiger partial charge in [-0.05, 0) is 69.5 Å². The van der Waals surface area contributed by atoms with Crippen molar-refractivity contribution in [1.29, 1.82) is 0 Å². The zero-order valence-electron chi connectivity index (χ0n) is 23.9. The number of amides is 1. The number of likely N-dealkylation sites (tertiary alicyclic amines) is 1. The maximum Gasteiger partial charge on any atom is 0.410 e. The zero-order chi connectivity index (χ0) is 26.3. The highest BCUT2D eigenvalue weighted by Gasteiger charge is 2.60. The summed E-state index contributed by atoms with van der Waals surface area (Å²) in [6.07, 6.45) is 2.78. The quantitative estimate of drug-likeness (QED) is 0.321. The molecule has 1 aliphatic carbocycles. The lowest BCUT2D eigenvalue weighted by Gasteiger charge is -2.57. The molecule has 3 unspecified atom stereocenters. The van der Waals surface area contributed by atoms with E-state index >= 15 is 0 Å². The Hall–Kier alpha value is -1.08. The molecule has 2 rings (SSSR count). The van der Waals surface area contributed by atoms with Gasteiger partial charge in [0.1, 0.15) is 5.60 Å². The summed E-state index contributed by atoms with van der Waals surface area (Å²) in [7, 11) is -0.753. The smallest absolute Gasteiger partial charge is 0.410 e. The van der Waals surface area contributed by atoms with Gasteiger partial charge in [0.25, 0.3) is 0 Å². The molecule has 1 amide bonds. The normalized spacial score (nSPS) is 31.0. The van der Waals surface area contributed by atoms with E-state index in [0.29, 0.717) is 30.8 Å². The second kappa shape index (κ2) is 10.1. The topological polar surface area (TPSA) is 65.1 Å². The van der Waals surface area contributed by atoms with Gasteiger partial charge in [0.15, 0.2) is 8.32 Å². The third-order valence-electron chi connectivity index (χ3n) is 8.42. The minimum atomic E-state index is -2.20. The van der Waals surface area contributed by atoms with Crippen LogP contribution in [0.15, 0.2) is 0 Å². The Balaban J connectivity index is 2.61. The largest absolute Gasteiger partial charge is 0.469 e. The molecule has 1 aliphatic heterocycles. The fraction of sp³-hybridized carbons (Fsp3) is 0.926. The summed E-state index contributed by atoms with van der Waals surface area (Å²) in [5.41, 5.74) is -1.07. The summed E-state index contributed by atoms with van der Waals surface area (Å²) < 4.78 is 18.5. The summed E-state index contributed by atoms with van der Waals surface area (Å²) >= 11 is 0. The minimum absolute atomic E-state index is 0.0342. The Labute approximate surface area is 209 Å². The Bertz CT molecular complexity index is 738. The molecular weight excluding hydrogens is 446 g/mol. The van der Waals surface area contributed by atoms with Crippen molar-refractivity contribution in [2.75, 3.05) is 20.2 Å². The molecule has 6 nitrogen and oxygen atoms in total. The maximum atomic E-state index is 13.1. The Morgan fingerprint density at radius 1 is 1.03 bits per heavy atom. The van der Waals surface area contributed by atoms with Crippen LogP contribution in [-0.4, -0.2) is 56.7 Å². The maximum absolute atomic E-state index is 13.1. The first kappa shape index (κ1) is 29.1. The molecule has 7 heteroatoms. The number of carbonyl (C=O) groups excluding carboxylic acids is 2. The summed E-state index contributed by atoms with van der Waals surface area (Å²) in [5.74, 6) is 0.411. The average molecular weight is 498 g/mol. The average Bonchev–Trinajstić information content (AvgIpc) is 3.11. The van der Waals surface area contributed by atoms with Crippen molar-refractivity contribution in [3.8, 4) is 0 Å². The van der Waals surface area contributed by atoms with Crippen molar-refractivity contribution in [3.63, 3.8) is 0 Å². The second-order valence-electron chi connectivity index (χ2n) is 13.7. The summed E-state index contributed by atoms with van der Waals surface area (Å²) in [6, 6.07) is 0. The highest BCUT2D eigenvalue weighted by atomic mass is 28.4. The molecule has 0 N–H and O–H groups in total. The van der Waals surface area contributed by atoms with E-state index in [9.17, 15) is 9.59 Å². The molecule has 198 valence electrons. The van der Waals surface area contributed by atoms with Crippen LogP contribution in [0.1, 0.15) is 81.6 Å². The lowest BCUT2D eigenvalue weighted by atomic mass is 9.60. The van der Waals surface area contributed by atoms with Crippen LogP contribution in [-0.2, 0) is 18.7 Å². The Morgan fingerprint density at radius 3 is 2.09 bits per heavy atom. The van der Waals surface area contributed by atoms with Gasteiger partial charge >= 0.3 is 12.1 Å². The number of nitrogens with zero attached hydrogens (tertiary/aromatic N) is 1. The molecule has 1 heterocycles. The molecule has 2 fully saturated rings. The van der Waals surface area contributed by atoms with Crippen LogP contribution in [0.4, 0.5) is 4.79 Å². The third-order valence-corrected chi connectivity index (χ3v) is 12.9. The summed E-state index contributed by atoms with van der Waals surface area (Å²) in [6.45, 7) is 24.6. The van der Waals surface area contributed by atoms with Crippen LogP contribution in [0.25, 0.3) is 0 Å². The molecule has 2 aliphatic rings. The van der Waals surface area contributed by atoms with Gasteiger partial charge in [-0.1, -0.05) is 48.0 Å². The molecule has 0 aromatic heterocycles. The molecule has 1 saturated carbocycles. The predicted octanol–water partition coefficient (Wildman–Crippen LogP) is 6.50. The van der Waals surface area contributed by atoms with E-state index < -0.39 is 25.4 Å². The molecule has 0 aromatic carbocycles. The van der Waals surface area contributed by atoms with Crippen molar-refractivity contribution in [2.24, 2.45) is 29.6 Å². The lowest BCUT2D eigenvalue weighted by molar-refractivity contribution is -0.157. The van der Waals surface area contributed by atoms with Gasteiger partial charge in [0.05, 0.1) is 18.6 Å². The van der Waals surface area contributed by atoms with Crippen LogP contribution >= 0.6 is 0 Å². The third kappa shape index (κ3) is 6.18. The Kier molecular flexibility index (Phi) is 8.67. The molecular formula is C27H51NO5Si. The molecule has 0 aromatic rings. The number of ether oxygens (including phenoxy) is 2. The number of rotatable bonds is 5. The van der Waals surface area contributed by atoms with E-state index in [2.05, 4.69) is 54.6 Å². The fourth-order valence-electron chi connectivity index (χ4n) is 5.82. The van der Waals surface area contributed by atoms with Crippen molar-refractivity contribution < 1.29 is 23.5 Å². The van der Waals surface area contributed by atoms with E-state index in [1.165, 1.54) is 7.11 Å². The Morgan fingerprint density at radius 2 is 1.62 bits per heavy atom. The van der Waals surface area contributed by atoms with Gasteiger partial charge in [-0.15, -0.1) is 0 Å². The number of hydrogen-bond donors (Lipinski definition) is 0. The summed E-state index contributed by atoms with van der Waals surface area (Å²) in [4.78, 5) is 27.9. The molecule has 0 spiro atoms. The van der Waals surface area contributed by atoms with Crippen molar-refractivity contribution in [2.45, 2.75) is 111 Å². The minimum Gasteiger partial charge on any atom is -0.469 e. The fourth-order valence-corrected chi connectivity index (χ4v) is 7.46. The molecule has 1 saturated heterocycles. The lowest BCUT2D eigenvalue weighted by Crippen LogP contribution is -2.62. The van der Waals surface area contributed by atoms with Crippen LogP contribution in [0.2, 0.25) is 18.1 Å². The molecule has 0 radical (unpaired) electrons. The molecule has 5 atom stereocenters. The SMILES string of the molecule is COC(=O)[C@H]1CN(C(=O)OC(C)(C)C)C[C@@H]1C1(O[Si](C)(C)C(C)(C)C)CC(C)CCC1C(C)C. The highest BCUT2D eigenvalue weighted by Crippen LogP contribution is 2.55. The first-order valence-corrected chi connectivity index (χ1v) is 16.0. The van der Waals surface area contributed by atoms with E-state index in [1.807, 2.05) is 20.8 Å². The second-order valence-corrected chi connectivity index (χ2v) is 18.4. The standard InChI is InChI=1S/C27H51NO5Si/c1-18(2)21-14-13-19(3)15-27(21,33-34(11,12)26(7,8)9)22-17-28(16-20(22)23(29)31-10)24(30)32-25(4,5)6/h18-22H,13-17H2,1-12H3/t19?,20-,21?,22-,27?/m0/s1. The molecule has 34 heavy (non-hydrogen) atoms. The van der Waals surface area contributed by atoms with Crippen molar-refractivity contribution >= 4 is 20.4 Å². The van der Waals surface area contributed by atoms with Gasteiger partial charge in [0, 0.05) is 19.0 Å².